The smallest absolute Gasteiger partial charge is 0.305 e. The van der Waals surface area contributed by atoms with Crippen LogP contribution in [0.5, 0.6) is 0 Å². The molecule has 2 aromatic heterocycles. The number of aromatic nitrogens is 2. The average Bonchev–Trinajstić information content (AvgIpc) is 3.30. The first-order valence-corrected chi connectivity index (χ1v) is 7.14. The number of hydrazine groups is 1. The van der Waals surface area contributed by atoms with Gasteiger partial charge in [-0.25, -0.2) is 4.68 Å². The van der Waals surface area contributed by atoms with Crippen molar-refractivity contribution in [2.24, 2.45) is 0 Å². The van der Waals surface area contributed by atoms with Gasteiger partial charge in [0.2, 0.25) is 0 Å². The third kappa shape index (κ3) is 3.77. The van der Waals surface area contributed by atoms with Crippen LogP contribution < -0.4 is 10.9 Å². The summed E-state index contributed by atoms with van der Waals surface area (Å²) in [5, 5.41) is 4.22. The first-order chi connectivity index (χ1) is 11.7. The van der Waals surface area contributed by atoms with Crippen molar-refractivity contribution in [3.8, 4) is 5.69 Å². The minimum absolute atomic E-state index is 0.114. The molecule has 3 aromatic rings. The summed E-state index contributed by atoms with van der Waals surface area (Å²) in [5.41, 5.74) is 6.19. The third-order valence-electron chi connectivity index (χ3n) is 3.09. The number of hydrogen-bond acceptors (Lipinski definition) is 4. The molecule has 0 fully saturated rings. The minimum Gasteiger partial charge on any atom is -0.459 e. The molecule has 24 heavy (non-hydrogen) atoms. The molecule has 0 bridgehead atoms. The molecule has 2 amide bonds. The monoisotopic (exact) mass is 322 g/mol. The van der Waals surface area contributed by atoms with E-state index in [-0.39, 0.29) is 5.76 Å². The number of rotatable bonds is 4. The van der Waals surface area contributed by atoms with Gasteiger partial charge in [-0.3, -0.25) is 20.4 Å². The van der Waals surface area contributed by atoms with Gasteiger partial charge in [-0.15, -0.1) is 0 Å². The molecule has 0 saturated carbocycles. The number of carbonyl (C=O) groups is 2. The van der Waals surface area contributed by atoms with Crippen molar-refractivity contribution >= 4 is 17.9 Å². The van der Waals surface area contributed by atoms with Gasteiger partial charge in [0.1, 0.15) is 0 Å². The fourth-order valence-electron chi connectivity index (χ4n) is 1.95. The second kappa shape index (κ2) is 7.10. The summed E-state index contributed by atoms with van der Waals surface area (Å²) >= 11 is 0. The van der Waals surface area contributed by atoms with Crippen molar-refractivity contribution in [1.29, 1.82) is 0 Å². The van der Waals surface area contributed by atoms with Gasteiger partial charge in [0.25, 0.3) is 5.91 Å². The molecule has 0 saturated heterocycles. The lowest BCUT2D eigenvalue weighted by Crippen LogP contribution is -2.40. The lowest BCUT2D eigenvalue weighted by atomic mass is 10.3. The van der Waals surface area contributed by atoms with Gasteiger partial charge < -0.3 is 4.42 Å². The van der Waals surface area contributed by atoms with E-state index in [1.54, 1.807) is 29.2 Å². The molecule has 0 radical (unpaired) electrons. The molecule has 2 heterocycles. The number of nitrogens with zero attached hydrogens (tertiary/aromatic N) is 2. The van der Waals surface area contributed by atoms with E-state index in [4.69, 9.17) is 4.42 Å². The van der Waals surface area contributed by atoms with Gasteiger partial charge >= 0.3 is 5.91 Å². The molecule has 120 valence electrons. The molecule has 0 atom stereocenters. The highest BCUT2D eigenvalue weighted by atomic mass is 16.3. The van der Waals surface area contributed by atoms with Crippen molar-refractivity contribution in [1.82, 2.24) is 20.6 Å². The van der Waals surface area contributed by atoms with E-state index in [0.29, 0.717) is 0 Å². The Labute approximate surface area is 137 Å². The van der Waals surface area contributed by atoms with Gasteiger partial charge in [-0.05, 0) is 30.3 Å². The van der Waals surface area contributed by atoms with E-state index < -0.39 is 11.8 Å². The molecule has 0 aliphatic carbocycles. The van der Waals surface area contributed by atoms with Crippen LogP contribution >= 0.6 is 0 Å². The van der Waals surface area contributed by atoms with Crippen LogP contribution in [-0.2, 0) is 4.79 Å². The highest BCUT2D eigenvalue weighted by Gasteiger charge is 2.08. The molecule has 3 rings (SSSR count). The molecule has 7 heteroatoms. The quantitative estimate of drug-likeness (QED) is 0.567. The molecule has 0 aliphatic rings. The summed E-state index contributed by atoms with van der Waals surface area (Å²) in [6.07, 6.45) is 7.70. The number of hydrogen-bond donors (Lipinski definition) is 2. The zero-order chi connectivity index (χ0) is 16.8. The molecule has 2 N–H and O–H groups in total. The van der Waals surface area contributed by atoms with Crippen LogP contribution in [0.15, 0.2) is 71.6 Å². The van der Waals surface area contributed by atoms with Crippen molar-refractivity contribution in [2.45, 2.75) is 0 Å². The zero-order valence-corrected chi connectivity index (χ0v) is 12.5. The second-order valence-electron chi connectivity index (χ2n) is 4.81. The van der Waals surface area contributed by atoms with Crippen LogP contribution in [0.2, 0.25) is 0 Å². The fraction of sp³-hybridized carbons (Fsp3) is 0. The first kappa shape index (κ1) is 15.3. The van der Waals surface area contributed by atoms with Crippen LogP contribution in [-0.4, -0.2) is 21.6 Å². The van der Waals surface area contributed by atoms with Crippen LogP contribution in [0, 0.1) is 0 Å². The van der Waals surface area contributed by atoms with Crippen molar-refractivity contribution < 1.29 is 14.0 Å². The molecule has 0 unspecified atom stereocenters. The Balaban J connectivity index is 1.55. The van der Waals surface area contributed by atoms with E-state index >= 15 is 0 Å². The summed E-state index contributed by atoms with van der Waals surface area (Å²) in [5.74, 6) is -0.885. The van der Waals surface area contributed by atoms with Crippen LogP contribution in [0.1, 0.15) is 16.1 Å². The predicted octanol–water partition coefficient (Wildman–Crippen LogP) is 1.94. The maximum absolute atomic E-state index is 11.7. The van der Waals surface area contributed by atoms with E-state index in [0.717, 1.165) is 11.3 Å². The summed E-state index contributed by atoms with van der Waals surface area (Å²) in [6, 6.07) is 12.7. The summed E-state index contributed by atoms with van der Waals surface area (Å²) in [7, 11) is 0. The van der Waals surface area contributed by atoms with Crippen molar-refractivity contribution in [2.75, 3.05) is 0 Å². The molecule has 0 spiro atoms. The van der Waals surface area contributed by atoms with Gasteiger partial charge in [-0.2, -0.15) is 5.10 Å². The highest BCUT2D eigenvalue weighted by Crippen LogP contribution is 2.08. The van der Waals surface area contributed by atoms with Crippen LogP contribution in [0.4, 0.5) is 0 Å². The summed E-state index contributed by atoms with van der Waals surface area (Å²) < 4.78 is 6.61. The van der Waals surface area contributed by atoms with Gasteiger partial charge in [0, 0.05) is 17.8 Å². The number of amides is 2. The third-order valence-corrected chi connectivity index (χ3v) is 3.09. The van der Waals surface area contributed by atoms with Gasteiger partial charge in [-0.1, -0.05) is 18.2 Å². The normalized spacial score (nSPS) is 10.7. The average molecular weight is 322 g/mol. The molecule has 1 aromatic carbocycles. The predicted molar refractivity (Wildman–Crippen MR) is 86.9 cm³/mol. The number of furan rings is 1. The lowest BCUT2D eigenvalue weighted by molar-refractivity contribution is -0.117. The molecule has 0 aliphatic heterocycles. The van der Waals surface area contributed by atoms with Crippen LogP contribution in [0.3, 0.4) is 0 Å². The molecule has 7 nitrogen and oxygen atoms in total. The fourth-order valence-corrected chi connectivity index (χ4v) is 1.95. The summed E-state index contributed by atoms with van der Waals surface area (Å²) in [4.78, 5) is 23.3. The topological polar surface area (TPSA) is 89.2 Å². The first-order valence-electron chi connectivity index (χ1n) is 7.14. The van der Waals surface area contributed by atoms with Crippen molar-refractivity contribution in [3.63, 3.8) is 0 Å². The number of benzene rings is 1. The minimum atomic E-state index is -0.529. The SMILES string of the molecule is O=C(/C=C/c1cnn(-c2ccccc2)c1)NNC(=O)c1ccco1. The molecular weight excluding hydrogens is 308 g/mol. The zero-order valence-electron chi connectivity index (χ0n) is 12.5. The Morgan fingerprint density at radius 1 is 1.08 bits per heavy atom. The second-order valence-corrected chi connectivity index (χ2v) is 4.81. The highest BCUT2D eigenvalue weighted by molar-refractivity contribution is 5.96. The Hall–Kier alpha value is -3.61. The largest absolute Gasteiger partial charge is 0.459 e. The van der Waals surface area contributed by atoms with Crippen LogP contribution in [0.25, 0.3) is 11.8 Å². The van der Waals surface area contributed by atoms with Crippen molar-refractivity contribution in [3.05, 3.63) is 78.5 Å². The van der Waals surface area contributed by atoms with Gasteiger partial charge in [0.15, 0.2) is 5.76 Å². The maximum Gasteiger partial charge on any atom is 0.305 e. The van der Waals surface area contributed by atoms with E-state index in [1.807, 2.05) is 30.3 Å². The Bertz CT molecular complexity index is 851. The number of para-hydroxylation sites is 1. The lowest BCUT2D eigenvalue weighted by Gasteiger charge is -2.02. The standard InChI is InChI=1S/C17H14N4O3/c22-16(19-20-17(23)15-7-4-10-24-15)9-8-13-11-18-21(12-13)14-5-2-1-3-6-14/h1-12H,(H,19,22)(H,20,23)/b9-8+. The Morgan fingerprint density at radius 3 is 2.67 bits per heavy atom. The van der Waals surface area contributed by atoms with Gasteiger partial charge in [0.05, 0.1) is 18.1 Å². The maximum atomic E-state index is 11.7. The Kier molecular flexibility index (Phi) is 4.52. The number of carbonyl (C=O) groups excluding carboxylic acids is 2. The molecular formula is C17H14N4O3. The number of nitrogens with one attached hydrogen (secondary N) is 2. The summed E-state index contributed by atoms with van der Waals surface area (Å²) in [6.45, 7) is 0. The van der Waals surface area contributed by atoms with E-state index in [1.165, 1.54) is 18.4 Å². The van der Waals surface area contributed by atoms with E-state index in [2.05, 4.69) is 16.0 Å². The van der Waals surface area contributed by atoms with E-state index in [9.17, 15) is 9.59 Å². The Morgan fingerprint density at radius 2 is 1.92 bits per heavy atom.